The third-order valence-electron chi connectivity index (χ3n) is 4.51. The van der Waals surface area contributed by atoms with Crippen molar-refractivity contribution in [1.82, 2.24) is 0 Å². The van der Waals surface area contributed by atoms with Crippen molar-refractivity contribution in [2.75, 3.05) is 24.7 Å². The summed E-state index contributed by atoms with van der Waals surface area (Å²) in [6, 6.07) is 4.91. The van der Waals surface area contributed by atoms with Gasteiger partial charge in [-0.15, -0.1) is 0 Å². The van der Waals surface area contributed by atoms with Crippen molar-refractivity contribution in [3.8, 4) is 0 Å². The molecule has 0 aliphatic heterocycles. The molecule has 0 radical (unpaired) electrons. The quantitative estimate of drug-likeness (QED) is 0.482. The Balaban J connectivity index is 2.06. The Bertz CT molecular complexity index is 900. The van der Waals surface area contributed by atoms with E-state index in [0.717, 1.165) is 12.1 Å². The van der Waals surface area contributed by atoms with Crippen LogP contribution in [0.5, 0.6) is 0 Å². The lowest BCUT2D eigenvalue weighted by Crippen LogP contribution is -2.06. The summed E-state index contributed by atoms with van der Waals surface area (Å²) in [7, 11) is 3.07. The molecule has 4 N–H and O–H groups in total. The fourth-order valence-electron chi connectivity index (χ4n) is 3.02. The van der Waals surface area contributed by atoms with E-state index in [-0.39, 0.29) is 22.4 Å². The Morgan fingerprint density at radius 1 is 0.786 bits per heavy atom. The number of nitrogens with one attached hydrogen (secondary N) is 2. The standard InChI is InChI=1S/C20H22F2N2O4/c1-23-17-8-12(15(21)9-14(17)20(27)28)6-4-3-5-11-7-13(19(25)26)18(24-2)10-16(11)22/h7-10,23-24H,3-6H2,1-2H3,(H,25,26)(H,27,28). The van der Waals surface area contributed by atoms with Gasteiger partial charge >= 0.3 is 11.9 Å². The van der Waals surface area contributed by atoms with E-state index in [4.69, 9.17) is 5.11 Å². The lowest BCUT2D eigenvalue weighted by molar-refractivity contribution is 0.0686. The fraction of sp³-hybridized carbons (Fsp3) is 0.300. The summed E-state index contributed by atoms with van der Waals surface area (Å²) in [6.07, 6.45) is 1.71. The first-order chi connectivity index (χ1) is 13.3. The van der Waals surface area contributed by atoms with Gasteiger partial charge in [0.15, 0.2) is 0 Å². The molecule has 0 spiro atoms. The maximum absolute atomic E-state index is 14.2. The second-order valence-electron chi connectivity index (χ2n) is 6.30. The molecule has 0 fully saturated rings. The molecule has 8 heteroatoms. The number of halogens is 2. The van der Waals surface area contributed by atoms with Gasteiger partial charge in [-0.25, -0.2) is 18.4 Å². The molecule has 0 aliphatic rings. The van der Waals surface area contributed by atoms with Crippen molar-refractivity contribution in [3.63, 3.8) is 0 Å². The third kappa shape index (κ3) is 4.76. The molecule has 2 aromatic carbocycles. The highest BCUT2D eigenvalue weighted by Gasteiger charge is 2.16. The van der Waals surface area contributed by atoms with Crippen LogP contribution in [0.25, 0.3) is 0 Å². The summed E-state index contributed by atoms with van der Waals surface area (Å²) in [6.45, 7) is 0. The molecule has 150 valence electrons. The summed E-state index contributed by atoms with van der Waals surface area (Å²) in [5, 5.41) is 23.7. The second-order valence-corrected chi connectivity index (χ2v) is 6.30. The first kappa shape index (κ1) is 21.1. The molecule has 0 saturated carbocycles. The first-order valence-electron chi connectivity index (χ1n) is 8.75. The topological polar surface area (TPSA) is 98.7 Å². The number of carboxylic acid groups (broad SMARTS) is 2. The van der Waals surface area contributed by atoms with Crippen LogP contribution in [0.2, 0.25) is 0 Å². The number of benzene rings is 2. The average Bonchev–Trinajstić information content (AvgIpc) is 2.66. The van der Waals surface area contributed by atoms with Crippen LogP contribution in [0.1, 0.15) is 44.7 Å². The van der Waals surface area contributed by atoms with Crippen molar-refractivity contribution in [1.29, 1.82) is 0 Å². The van der Waals surface area contributed by atoms with Gasteiger partial charge in [0.1, 0.15) is 11.6 Å². The molecule has 0 atom stereocenters. The highest BCUT2D eigenvalue weighted by molar-refractivity contribution is 5.95. The van der Waals surface area contributed by atoms with E-state index in [1.165, 1.54) is 19.2 Å². The Kier molecular flexibility index (Phi) is 6.92. The van der Waals surface area contributed by atoms with Gasteiger partial charge in [0, 0.05) is 19.8 Å². The number of hydrogen-bond donors (Lipinski definition) is 4. The maximum Gasteiger partial charge on any atom is 0.337 e. The number of carboxylic acids is 2. The summed E-state index contributed by atoms with van der Waals surface area (Å²) in [4.78, 5) is 22.4. The SMILES string of the molecule is CNc1cc(CCCCc2cc(C(=O)O)c(NC)cc2F)c(F)cc1C(=O)O. The molecule has 0 heterocycles. The monoisotopic (exact) mass is 392 g/mol. The zero-order valence-electron chi connectivity index (χ0n) is 15.6. The third-order valence-corrected chi connectivity index (χ3v) is 4.51. The lowest BCUT2D eigenvalue weighted by atomic mass is 9.99. The number of aromatic carboxylic acids is 2. The molecule has 0 bridgehead atoms. The molecule has 6 nitrogen and oxygen atoms in total. The van der Waals surface area contributed by atoms with Gasteiger partial charge < -0.3 is 20.8 Å². The Labute approximate surface area is 161 Å². The molecule has 0 saturated heterocycles. The fourth-order valence-corrected chi connectivity index (χ4v) is 3.02. The lowest BCUT2D eigenvalue weighted by Gasteiger charge is -2.11. The normalized spacial score (nSPS) is 10.6. The number of anilines is 2. The Morgan fingerprint density at radius 3 is 1.71 bits per heavy atom. The highest BCUT2D eigenvalue weighted by Crippen LogP contribution is 2.24. The molecule has 0 unspecified atom stereocenters. The zero-order valence-corrected chi connectivity index (χ0v) is 15.6. The number of rotatable bonds is 9. The summed E-state index contributed by atoms with van der Waals surface area (Å²) >= 11 is 0. The van der Waals surface area contributed by atoms with Crippen LogP contribution in [-0.2, 0) is 12.8 Å². The van der Waals surface area contributed by atoms with Crippen molar-refractivity contribution >= 4 is 23.3 Å². The van der Waals surface area contributed by atoms with E-state index in [9.17, 15) is 23.5 Å². The van der Waals surface area contributed by atoms with Gasteiger partial charge in [-0.05, 0) is 61.1 Å². The number of carbonyl (C=O) groups is 2. The Morgan fingerprint density at radius 2 is 1.21 bits per heavy atom. The molecule has 0 aromatic heterocycles. The average molecular weight is 392 g/mol. The number of unbranched alkanes of at least 4 members (excludes halogenated alkanes) is 1. The zero-order chi connectivity index (χ0) is 20.8. The smallest absolute Gasteiger partial charge is 0.337 e. The van der Waals surface area contributed by atoms with Crippen molar-refractivity contribution in [2.24, 2.45) is 0 Å². The molecule has 0 aliphatic carbocycles. The van der Waals surface area contributed by atoms with Crippen LogP contribution in [-0.4, -0.2) is 36.2 Å². The van der Waals surface area contributed by atoms with Gasteiger partial charge in [0.05, 0.1) is 16.8 Å². The highest BCUT2D eigenvalue weighted by atomic mass is 19.1. The molecule has 2 aromatic rings. The summed E-state index contributed by atoms with van der Waals surface area (Å²) < 4.78 is 28.3. The molecule has 0 amide bonds. The van der Waals surface area contributed by atoms with Crippen molar-refractivity contribution < 1.29 is 28.6 Å². The van der Waals surface area contributed by atoms with E-state index in [1.54, 1.807) is 7.05 Å². The molecule has 28 heavy (non-hydrogen) atoms. The number of hydrogen-bond acceptors (Lipinski definition) is 4. The van der Waals surface area contributed by atoms with Gasteiger partial charge in [-0.3, -0.25) is 0 Å². The van der Waals surface area contributed by atoms with E-state index in [0.29, 0.717) is 36.9 Å². The largest absolute Gasteiger partial charge is 0.478 e. The van der Waals surface area contributed by atoms with Crippen LogP contribution < -0.4 is 10.6 Å². The van der Waals surface area contributed by atoms with Crippen molar-refractivity contribution in [3.05, 3.63) is 58.2 Å². The Hall–Kier alpha value is -3.16. The second kappa shape index (κ2) is 9.16. The van der Waals surface area contributed by atoms with E-state index >= 15 is 0 Å². The summed E-state index contributed by atoms with van der Waals surface area (Å²) in [5.41, 5.74) is 1.03. The first-order valence-corrected chi connectivity index (χ1v) is 8.75. The van der Waals surface area contributed by atoms with E-state index in [1.807, 2.05) is 0 Å². The minimum absolute atomic E-state index is 0.00661. The van der Waals surface area contributed by atoms with E-state index in [2.05, 4.69) is 10.6 Å². The minimum atomic E-state index is -1.22. The van der Waals surface area contributed by atoms with Crippen LogP contribution in [0.15, 0.2) is 24.3 Å². The molecular weight excluding hydrogens is 370 g/mol. The van der Waals surface area contributed by atoms with Crippen LogP contribution in [0.3, 0.4) is 0 Å². The predicted molar refractivity (Wildman–Crippen MR) is 102 cm³/mol. The minimum Gasteiger partial charge on any atom is -0.478 e. The van der Waals surface area contributed by atoms with Crippen LogP contribution >= 0.6 is 0 Å². The van der Waals surface area contributed by atoms with Gasteiger partial charge in [0.25, 0.3) is 0 Å². The van der Waals surface area contributed by atoms with Gasteiger partial charge in [0.2, 0.25) is 0 Å². The molecule has 2 rings (SSSR count). The van der Waals surface area contributed by atoms with E-state index < -0.39 is 23.6 Å². The molecular formula is C20H22F2N2O4. The number of aryl methyl sites for hydroxylation is 2. The maximum atomic E-state index is 14.2. The van der Waals surface area contributed by atoms with Gasteiger partial charge in [-0.2, -0.15) is 0 Å². The van der Waals surface area contributed by atoms with Crippen LogP contribution in [0.4, 0.5) is 20.2 Å². The van der Waals surface area contributed by atoms with Gasteiger partial charge in [-0.1, -0.05) is 0 Å². The van der Waals surface area contributed by atoms with Crippen molar-refractivity contribution in [2.45, 2.75) is 25.7 Å². The summed E-state index contributed by atoms with van der Waals surface area (Å²) in [5.74, 6) is -3.46. The van der Waals surface area contributed by atoms with Crippen LogP contribution in [0, 0.1) is 11.6 Å². The predicted octanol–water partition coefficient (Wildman–Crippen LogP) is 4.01.